The van der Waals surface area contributed by atoms with E-state index in [2.05, 4.69) is 60.4 Å². The Hall–Kier alpha value is -5.50. The number of benzene rings is 2. The number of carbonyl (C=O) groups excluding carboxylic acids is 1. The number of ether oxygens (including phenoxy) is 3. The van der Waals surface area contributed by atoms with Crippen LogP contribution in [0.1, 0.15) is 54.6 Å². The minimum absolute atomic E-state index is 0.00135. The van der Waals surface area contributed by atoms with E-state index < -0.39 is 15.9 Å². The van der Waals surface area contributed by atoms with Crippen molar-refractivity contribution >= 4 is 49.8 Å². The van der Waals surface area contributed by atoms with E-state index in [0.717, 1.165) is 93.4 Å². The number of hydrogen-bond acceptors (Lipinski definition) is 12. The van der Waals surface area contributed by atoms with Crippen molar-refractivity contribution in [3.63, 3.8) is 0 Å². The highest BCUT2D eigenvalue weighted by molar-refractivity contribution is 7.90. The number of hydrogen-bond donors (Lipinski definition) is 2. The van der Waals surface area contributed by atoms with E-state index in [1.807, 2.05) is 24.3 Å². The SMILES string of the molecule is CC1(C)CCC(CN2CCN(c3ccc(C(=O)NS(=O)(=O)c4cnc(OCCN5CCOCC5)c(C#N)c4)c(Oc4cnc5[nH]ccc5c4)c3)CC2)=C(c2ccc(Cl)cc2)C1. The fraction of sp³-hybridized carbons (Fsp3) is 0.378. The number of sulfonamides is 1. The third-order valence-corrected chi connectivity index (χ3v) is 13.1. The molecule has 0 radical (unpaired) electrons. The highest BCUT2D eigenvalue weighted by Crippen LogP contribution is 2.43. The molecule has 0 atom stereocenters. The van der Waals surface area contributed by atoms with Crippen LogP contribution in [0.25, 0.3) is 16.6 Å². The monoisotopic (exact) mass is 864 g/mol. The first-order valence-electron chi connectivity index (χ1n) is 20.5. The molecule has 5 heterocycles. The van der Waals surface area contributed by atoms with E-state index in [-0.39, 0.29) is 39.7 Å². The molecule has 61 heavy (non-hydrogen) atoms. The van der Waals surface area contributed by atoms with Gasteiger partial charge in [-0.15, -0.1) is 0 Å². The lowest BCUT2D eigenvalue weighted by Crippen LogP contribution is -2.47. The van der Waals surface area contributed by atoms with Crippen LogP contribution in [-0.2, 0) is 14.8 Å². The number of anilines is 1. The van der Waals surface area contributed by atoms with E-state index in [4.69, 9.17) is 25.8 Å². The number of aromatic amines is 1. The third-order valence-electron chi connectivity index (χ3n) is 11.6. The third kappa shape index (κ3) is 10.2. The van der Waals surface area contributed by atoms with Crippen LogP contribution in [0.4, 0.5) is 5.69 Å². The molecule has 0 unspecified atom stereocenters. The van der Waals surface area contributed by atoms with E-state index in [1.165, 1.54) is 16.7 Å². The maximum absolute atomic E-state index is 13.9. The van der Waals surface area contributed by atoms with Gasteiger partial charge in [0.2, 0.25) is 5.88 Å². The molecule has 0 saturated carbocycles. The number of pyridine rings is 2. The molecule has 2 N–H and O–H groups in total. The second-order valence-electron chi connectivity index (χ2n) is 16.4. The first kappa shape index (κ1) is 42.2. The van der Waals surface area contributed by atoms with Gasteiger partial charge in [-0.05, 0) is 78.3 Å². The minimum Gasteiger partial charge on any atom is -0.475 e. The molecule has 318 valence electrons. The Balaban J connectivity index is 0.984. The summed E-state index contributed by atoms with van der Waals surface area (Å²) in [5.41, 5.74) is 5.81. The predicted octanol–water partition coefficient (Wildman–Crippen LogP) is 6.89. The van der Waals surface area contributed by atoms with Gasteiger partial charge in [-0.2, -0.15) is 5.26 Å². The van der Waals surface area contributed by atoms with Crippen LogP contribution < -0.4 is 19.1 Å². The normalized spacial score (nSPS) is 17.6. The number of morpholine rings is 1. The number of piperazine rings is 1. The summed E-state index contributed by atoms with van der Waals surface area (Å²) < 4.78 is 46.8. The second kappa shape index (κ2) is 18.2. The van der Waals surface area contributed by atoms with Crippen LogP contribution in [0.15, 0.2) is 89.7 Å². The Bertz CT molecular complexity index is 2580. The number of nitriles is 1. The average molecular weight is 865 g/mol. The topological polar surface area (TPSA) is 166 Å². The number of H-pyrrole nitrogens is 1. The van der Waals surface area contributed by atoms with Gasteiger partial charge in [0.1, 0.15) is 40.3 Å². The predicted molar refractivity (Wildman–Crippen MR) is 234 cm³/mol. The molecule has 2 fully saturated rings. The zero-order valence-electron chi connectivity index (χ0n) is 34.3. The van der Waals surface area contributed by atoms with Crippen molar-refractivity contribution in [2.75, 3.05) is 77.1 Å². The van der Waals surface area contributed by atoms with Crippen molar-refractivity contribution in [1.29, 1.82) is 5.26 Å². The molecule has 0 spiro atoms. The number of halogens is 1. The van der Waals surface area contributed by atoms with Gasteiger partial charge < -0.3 is 24.1 Å². The second-order valence-corrected chi connectivity index (χ2v) is 18.6. The number of fused-ring (bicyclic) bond motifs is 1. The smallest absolute Gasteiger partial charge is 0.268 e. The number of allylic oxidation sites excluding steroid dienone is 1. The maximum Gasteiger partial charge on any atom is 0.268 e. The molecule has 16 heteroatoms. The summed E-state index contributed by atoms with van der Waals surface area (Å²) in [6.45, 7) is 12.4. The minimum atomic E-state index is -4.47. The van der Waals surface area contributed by atoms with Gasteiger partial charge in [0.15, 0.2) is 0 Å². The molecule has 5 aromatic rings. The van der Waals surface area contributed by atoms with Gasteiger partial charge in [0, 0.05) is 80.7 Å². The van der Waals surface area contributed by atoms with Crippen molar-refractivity contribution in [2.45, 2.75) is 38.0 Å². The van der Waals surface area contributed by atoms with Gasteiger partial charge in [0.05, 0.1) is 31.2 Å². The number of nitrogens with zero attached hydrogens (tertiary/aromatic N) is 6. The van der Waals surface area contributed by atoms with Gasteiger partial charge >= 0.3 is 0 Å². The molecule has 14 nitrogen and oxygen atoms in total. The van der Waals surface area contributed by atoms with Crippen LogP contribution in [0.2, 0.25) is 5.02 Å². The number of nitrogens with one attached hydrogen (secondary N) is 2. The Morgan fingerprint density at radius 2 is 1.77 bits per heavy atom. The molecule has 2 saturated heterocycles. The number of rotatable bonds is 13. The summed E-state index contributed by atoms with van der Waals surface area (Å²) in [4.78, 5) is 32.1. The fourth-order valence-corrected chi connectivity index (χ4v) is 9.15. The zero-order valence-corrected chi connectivity index (χ0v) is 35.9. The molecule has 0 bridgehead atoms. The highest BCUT2D eigenvalue weighted by Gasteiger charge is 2.30. The van der Waals surface area contributed by atoms with Gasteiger partial charge in [-0.3, -0.25) is 14.6 Å². The summed E-state index contributed by atoms with van der Waals surface area (Å²) in [5, 5.41) is 11.4. The number of aromatic nitrogens is 3. The van der Waals surface area contributed by atoms with E-state index in [9.17, 15) is 18.5 Å². The zero-order chi connectivity index (χ0) is 42.6. The van der Waals surface area contributed by atoms with Gasteiger partial charge in [-0.1, -0.05) is 43.2 Å². The van der Waals surface area contributed by atoms with E-state index >= 15 is 0 Å². The lowest BCUT2D eigenvalue weighted by Gasteiger charge is -2.39. The van der Waals surface area contributed by atoms with Crippen LogP contribution in [0.5, 0.6) is 17.4 Å². The molecule has 1 amide bonds. The van der Waals surface area contributed by atoms with Crippen molar-refractivity contribution in [1.82, 2.24) is 29.5 Å². The standard InChI is InChI=1S/C45H49ClN8O6S/c1-45(2)11-9-33(40(26-45)31-3-5-35(46)6-4-31)30-53-13-15-54(16-14-53)36-7-8-39(41(25-36)60-37-23-32-10-12-48-42(32)49-28-37)43(55)51-61(56,57)38-24-34(27-47)44(50-29-38)59-22-19-52-17-20-58-21-18-52/h3-8,10,12,23-25,28-29H,9,11,13-22,26,30H2,1-2H3,(H,48,49)(H,51,55). The largest absolute Gasteiger partial charge is 0.475 e. The molecule has 3 aromatic heterocycles. The highest BCUT2D eigenvalue weighted by atomic mass is 35.5. The Morgan fingerprint density at radius 3 is 2.54 bits per heavy atom. The number of amides is 1. The maximum atomic E-state index is 13.9. The molecule has 2 aliphatic heterocycles. The first-order chi connectivity index (χ1) is 29.4. The first-order valence-corrected chi connectivity index (χ1v) is 22.4. The number of carbonyl (C=O) groups is 1. The van der Waals surface area contributed by atoms with E-state index in [1.54, 1.807) is 36.7 Å². The van der Waals surface area contributed by atoms with Crippen LogP contribution in [0.3, 0.4) is 0 Å². The van der Waals surface area contributed by atoms with E-state index in [0.29, 0.717) is 31.2 Å². The summed E-state index contributed by atoms with van der Waals surface area (Å²) >= 11 is 6.24. The summed E-state index contributed by atoms with van der Waals surface area (Å²) in [6.07, 6.45) is 7.61. The summed E-state index contributed by atoms with van der Waals surface area (Å²) in [6, 6.07) is 20.1. The van der Waals surface area contributed by atoms with Gasteiger partial charge in [-0.25, -0.2) is 23.1 Å². The van der Waals surface area contributed by atoms with Crippen LogP contribution in [-0.4, -0.2) is 111 Å². The lowest BCUT2D eigenvalue weighted by molar-refractivity contribution is 0.0320. The van der Waals surface area contributed by atoms with Crippen molar-refractivity contribution in [3.8, 4) is 23.4 Å². The van der Waals surface area contributed by atoms with Gasteiger partial charge in [0.25, 0.3) is 15.9 Å². The molecule has 2 aromatic carbocycles. The molecular formula is C45H49ClN8O6S. The summed E-state index contributed by atoms with van der Waals surface area (Å²) in [7, 11) is -4.47. The lowest BCUT2D eigenvalue weighted by atomic mass is 9.72. The Kier molecular flexibility index (Phi) is 12.6. The molecule has 8 rings (SSSR count). The quantitative estimate of drug-likeness (QED) is 0.126. The van der Waals surface area contributed by atoms with Crippen molar-refractivity contribution in [3.05, 3.63) is 107 Å². The fourth-order valence-electron chi connectivity index (χ4n) is 8.09. The molecule has 1 aliphatic carbocycles. The molecule has 3 aliphatic rings. The van der Waals surface area contributed by atoms with Crippen molar-refractivity contribution in [2.24, 2.45) is 5.41 Å². The Morgan fingerprint density at radius 1 is 0.984 bits per heavy atom. The van der Waals surface area contributed by atoms with Crippen molar-refractivity contribution < 1.29 is 27.4 Å². The molecular weight excluding hydrogens is 816 g/mol. The average Bonchev–Trinajstić information content (AvgIpc) is 3.73. The Labute approximate surface area is 361 Å². The van der Waals surface area contributed by atoms with Crippen LogP contribution in [0, 0.1) is 16.7 Å². The van der Waals surface area contributed by atoms with Crippen LogP contribution >= 0.6 is 11.6 Å². The summed E-state index contributed by atoms with van der Waals surface area (Å²) in [5.74, 6) is -0.365.